The minimum Gasteiger partial charge on any atom is -0.352 e. The van der Waals surface area contributed by atoms with Crippen molar-refractivity contribution in [1.82, 2.24) is 20.4 Å². The predicted molar refractivity (Wildman–Crippen MR) is 120 cm³/mol. The van der Waals surface area contributed by atoms with Crippen LogP contribution in [-0.4, -0.2) is 57.7 Å². The fourth-order valence-electron chi connectivity index (χ4n) is 4.51. The summed E-state index contributed by atoms with van der Waals surface area (Å²) in [7, 11) is 0. The number of hydrogen-bond donors (Lipinski definition) is 2. The molecule has 0 radical (unpaired) electrons. The van der Waals surface area contributed by atoms with Crippen LogP contribution in [0.3, 0.4) is 0 Å². The Morgan fingerprint density at radius 3 is 2.64 bits per heavy atom. The van der Waals surface area contributed by atoms with Crippen molar-refractivity contribution in [2.24, 2.45) is 5.92 Å². The first-order valence-corrected chi connectivity index (χ1v) is 11.4. The minimum absolute atomic E-state index is 0.120. The normalized spacial score (nSPS) is 21.3. The van der Waals surface area contributed by atoms with Gasteiger partial charge in [-0.2, -0.15) is 0 Å². The maximum absolute atomic E-state index is 13.7. The summed E-state index contributed by atoms with van der Waals surface area (Å²) >= 11 is 0. The van der Waals surface area contributed by atoms with Gasteiger partial charge in [-0.05, 0) is 37.7 Å². The maximum atomic E-state index is 13.7. The first-order chi connectivity index (χ1) is 15.7. The van der Waals surface area contributed by atoms with Crippen molar-refractivity contribution >= 4 is 23.5 Å². The number of nitrogens with one attached hydrogen (secondary N) is 2. The lowest BCUT2D eigenvalue weighted by Gasteiger charge is -2.32. The number of carbonyl (C=O) groups is 3. The average molecular weight is 456 g/mol. The molecule has 10 heteroatoms. The highest BCUT2D eigenvalue weighted by molar-refractivity contribution is 6.03. The SMILES string of the molecule is CCN1C(=O)N[C@H](c2cccc([N+](=O)[O-])c2)C2=C1CN([C@H](CC(C)C)C(=O)NC1CC1)C2=O. The zero-order chi connectivity index (χ0) is 23.9. The van der Waals surface area contributed by atoms with Crippen molar-refractivity contribution in [2.75, 3.05) is 13.1 Å². The number of likely N-dealkylation sites (N-methyl/N-ethyl adjacent to an activating group) is 1. The lowest BCUT2D eigenvalue weighted by molar-refractivity contribution is -0.384. The Hall–Kier alpha value is -3.43. The summed E-state index contributed by atoms with van der Waals surface area (Å²) in [6, 6.07) is 4.26. The second-order valence-electron chi connectivity index (χ2n) is 9.20. The number of rotatable bonds is 8. The number of nitro benzene ring substituents is 1. The highest BCUT2D eigenvalue weighted by Crippen LogP contribution is 2.38. The summed E-state index contributed by atoms with van der Waals surface area (Å²) in [6.07, 6.45) is 2.39. The van der Waals surface area contributed by atoms with Crippen LogP contribution in [0, 0.1) is 16.0 Å². The van der Waals surface area contributed by atoms with E-state index in [-0.39, 0.29) is 42.0 Å². The topological polar surface area (TPSA) is 125 Å². The molecule has 0 saturated heterocycles. The van der Waals surface area contributed by atoms with Gasteiger partial charge in [0.05, 0.1) is 28.8 Å². The van der Waals surface area contributed by atoms with Gasteiger partial charge in [0.25, 0.3) is 11.6 Å². The van der Waals surface area contributed by atoms with Gasteiger partial charge in [0.2, 0.25) is 5.91 Å². The highest BCUT2D eigenvalue weighted by atomic mass is 16.6. The Morgan fingerprint density at radius 2 is 2.03 bits per heavy atom. The van der Waals surface area contributed by atoms with Crippen LogP contribution in [0.4, 0.5) is 10.5 Å². The predicted octanol–water partition coefficient (Wildman–Crippen LogP) is 2.47. The van der Waals surface area contributed by atoms with Crippen LogP contribution in [0.2, 0.25) is 0 Å². The van der Waals surface area contributed by atoms with Crippen LogP contribution in [-0.2, 0) is 9.59 Å². The van der Waals surface area contributed by atoms with Gasteiger partial charge in [-0.25, -0.2) is 4.79 Å². The van der Waals surface area contributed by atoms with Gasteiger partial charge < -0.3 is 15.5 Å². The first kappa shape index (κ1) is 22.8. The Morgan fingerprint density at radius 1 is 1.30 bits per heavy atom. The molecule has 2 heterocycles. The molecule has 0 spiro atoms. The fourth-order valence-corrected chi connectivity index (χ4v) is 4.51. The Balaban J connectivity index is 1.71. The number of nitrogens with zero attached hydrogens (tertiary/aromatic N) is 3. The fraction of sp³-hybridized carbons (Fsp3) is 0.522. The summed E-state index contributed by atoms with van der Waals surface area (Å²) in [4.78, 5) is 53.5. The van der Waals surface area contributed by atoms with Crippen molar-refractivity contribution < 1.29 is 19.3 Å². The summed E-state index contributed by atoms with van der Waals surface area (Å²) in [5.41, 5.74) is 1.25. The summed E-state index contributed by atoms with van der Waals surface area (Å²) in [5, 5.41) is 17.1. The summed E-state index contributed by atoms with van der Waals surface area (Å²) < 4.78 is 0. The van der Waals surface area contributed by atoms with E-state index in [0.29, 0.717) is 29.8 Å². The molecule has 2 N–H and O–H groups in total. The number of non-ortho nitro benzene ring substituents is 1. The molecule has 1 aromatic carbocycles. The van der Waals surface area contributed by atoms with Crippen molar-refractivity contribution in [2.45, 2.75) is 58.2 Å². The molecule has 1 saturated carbocycles. The molecule has 2 atom stereocenters. The summed E-state index contributed by atoms with van der Waals surface area (Å²) in [5.74, 6) is -0.315. The Labute approximate surface area is 192 Å². The third-order valence-corrected chi connectivity index (χ3v) is 6.28. The van der Waals surface area contributed by atoms with Crippen LogP contribution >= 0.6 is 0 Å². The molecule has 3 aliphatic rings. The van der Waals surface area contributed by atoms with Crippen molar-refractivity contribution in [1.29, 1.82) is 0 Å². The molecular formula is C23H29N5O5. The summed E-state index contributed by atoms with van der Waals surface area (Å²) in [6.45, 7) is 6.32. The van der Waals surface area contributed by atoms with E-state index in [9.17, 15) is 24.5 Å². The molecule has 10 nitrogen and oxygen atoms in total. The van der Waals surface area contributed by atoms with E-state index in [0.717, 1.165) is 12.8 Å². The smallest absolute Gasteiger partial charge is 0.322 e. The third kappa shape index (κ3) is 4.42. The average Bonchev–Trinajstić information content (AvgIpc) is 3.52. The molecule has 33 heavy (non-hydrogen) atoms. The standard InChI is InChI=1S/C23H29N5O5/c1-4-26-18-12-27(17(10-13(2)3)21(29)24-15-8-9-15)22(30)19(18)20(25-23(26)31)14-6-5-7-16(11-14)28(32)33/h5-7,11,13,15,17,20H,4,8-10,12H2,1-3H3,(H,24,29)(H,25,31)/t17-,20-/m1/s1. The second-order valence-corrected chi connectivity index (χ2v) is 9.20. The number of hydrogen-bond acceptors (Lipinski definition) is 5. The van der Waals surface area contributed by atoms with Crippen LogP contribution in [0.25, 0.3) is 0 Å². The van der Waals surface area contributed by atoms with Gasteiger partial charge in [0.15, 0.2) is 0 Å². The molecule has 0 bridgehead atoms. The monoisotopic (exact) mass is 455 g/mol. The van der Waals surface area contributed by atoms with Crippen LogP contribution in [0.1, 0.15) is 51.6 Å². The number of benzene rings is 1. The van der Waals surface area contributed by atoms with Crippen molar-refractivity contribution in [3.63, 3.8) is 0 Å². The lowest BCUT2D eigenvalue weighted by Crippen LogP contribution is -2.49. The molecular weight excluding hydrogens is 426 g/mol. The van der Waals surface area contributed by atoms with Gasteiger partial charge in [0.1, 0.15) is 6.04 Å². The van der Waals surface area contributed by atoms with Crippen LogP contribution in [0.15, 0.2) is 35.5 Å². The van der Waals surface area contributed by atoms with E-state index in [1.165, 1.54) is 23.1 Å². The highest BCUT2D eigenvalue weighted by Gasteiger charge is 2.47. The zero-order valence-electron chi connectivity index (χ0n) is 19.0. The maximum Gasteiger partial charge on any atom is 0.322 e. The van der Waals surface area contributed by atoms with Gasteiger partial charge in [-0.1, -0.05) is 26.0 Å². The van der Waals surface area contributed by atoms with Gasteiger partial charge in [-0.15, -0.1) is 0 Å². The molecule has 1 aromatic rings. The van der Waals surface area contributed by atoms with Crippen molar-refractivity contribution in [3.05, 3.63) is 51.2 Å². The van der Waals surface area contributed by atoms with E-state index in [2.05, 4.69) is 10.6 Å². The van der Waals surface area contributed by atoms with Gasteiger partial charge >= 0.3 is 6.03 Å². The lowest BCUT2D eigenvalue weighted by atomic mass is 9.95. The second kappa shape index (κ2) is 8.84. The number of amides is 4. The number of carbonyl (C=O) groups excluding carboxylic acids is 3. The largest absolute Gasteiger partial charge is 0.352 e. The first-order valence-electron chi connectivity index (χ1n) is 11.4. The van der Waals surface area contributed by atoms with Crippen LogP contribution in [0.5, 0.6) is 0 Å². The van der Waals surface area contributed by atoms with E-state index in [1.54, 1.807) is 11.0 Å². The molecule has 0 unspecified atom stereocenters. The minimum atomic E-state index is -0.820. The van der Waals surface area contributed by atoms with E-state index in [4.69, 9.17) is 0 Å². The molecule has 4 amide bonds. The zero-order valence-corrected chi connectivity index (χ0v) is 19.0. The van der Waals surface area contributed by atoms with E-state index < -0.39 is 17.0 Å². The molecule has 1 aliphatic carbocycles. The van der Waals surface area contributed by atoms with Gasteiger partial charge in [-0.3, -0.25) is 24.6 Å². The third-order valence-electron chi connectivity index (χ3n) is 6.28. The Bertz CT molecular complexity index is 1030. The van der Waals surface area contributed by atoms with Gasteiger partial charge in [0, 0.05) is 24.7 Å². The van der Waals surface area contributed by atoms with E-state index >= 15 is 0 Å². The molecule has 2 aliphatic heterocycles. The molecule has 1 fully saturated rings. The number of urea groups is 1. The quantitative estimate of drug-likeness (QED) is 0.460. The molecule has 4 rings (SSSR count). The van der Waals surface area contributed by atoms with Crippen molar-refractivity contribution in [3.8, 4) is 0 Å². The molecule has 0 aromatic heterocycles. The van der Waals surface area contributed by atoms with E-state index in [1.807, 2.05) is 20.8 Å². The number of nitro groups is 1. The Kier molecular flexibility index (Phi) is 6.09. The molecule has 176 valence electrons. The van der Waals surface area contributed by atoms with Crippen LogP contribution < -0.4 is 10.6 Å².